The van der Waals surface area contributed by atoms with E-state index in [0.29, 0.717) is 0 Å². The lowest BCUT2D eigenvalue weighted by atomic mass is 10.2. The van der Waals surface area contributed by atoms with E-state index >= 15 is 0 Å². The lowest BCUT2D eigenvalue weighted by Crippen LogP contribution is -2.24. The van der Waals surface area contributed by atoms with Crippen LogP contribution in [-0.4, -0.2) is 28.2 Å². The molecule has 2 aromatic rings. The molecule has 16 heavy (non-hydrogen) atoms. The van der Waals surface area contributed by atoms with Gasteiger partial charge in [-0.15, -0.1) is 0 Å². The van der Waals surface area contributed by atoms with Crippen LogP contribution in [0.3, 0.4) is 0 Å². The van der Waals surface area contributed by atoms with Crippen molar-refractivity contribution in [1.82, 2.24) is 9.97 Å². The van der Waals surface area contributed by atoms with Crippen molar-refractivity contribution in [3.8, 4) is 0 Å². The molecule has 0 atom stereocenters. The van der Waals surface area contributed by atoms with E-state index in [0.717, 1.165) is 16.7 Å². The third-order valence-electron chi connectivity index (χ3n) is 2.70. The summed E-state index contributed by atoms with van der Waals surface area (Å²) in [5.41, 5.74) is 2.46. The second kappa shape index (κ2) is 3.16. The van der Waals surface area contributed by atoms with Gasteiger partial charge in [0.05, 0.1) is 30.3 Å². The lowest BCUT2D eigenvalue weighted by Gasteiger charge is -2.14. The molecule has 0 aliphatic carbocycles. The van der Waals surface area contributed by atoms with Gasteiger partial charge in [0.15, 0.2) is 5.78 Å². The number of aromatic nitrogens is 2. The Morgan fingerprint density at radius 2 is 2.19 bits per heavy atom. The summed E-state index contributed by atoms with van der Waals surface area (Å²) in [4.78, 5) is 31.3. The highest BCUT2D eigenvalue weighted by Gasteiger charge is 2.28. The molecule has 1 fully saturated rings. The van der Waals surface area contributed by atoms with Crippen molar-refractivity contribution in [2.24, 2.45) is 0 Å². The van der Waals surface area contributed by atoms with E-state index in [1.54, 1.807) is 12.4 Å². The van der Waals surface area contributed by atoms with Crippen molar-refractivity contribution in [1.29, 1.82) is 0 Å². The second-order valence-electron chi connectivity index (χ2n) is 3.80. The summed E-state index contributed by atoms with van der Waals surface area (Å²) in [6, 6.07) is 5.47. The molecule has 1 amide bonds. The Labute approximate surface area is 91.1 Å². The maximum atomic E-state index is 11.5. The van der Waals surface area contributed by atoms with Gasteiger partial charge in [-0.1, -0.05) is 0 Å². The number of aromatic amines is 1. The number of fused-ring (bicyclic) bond motifs is 1. The van der Waals surface area contributed by atoms with Crippen LogP contribution in [0.1, 0.15) is 6.42 Å². The molecule has 0 unspecified atom stereocenters. The molecule has 5 heteroatoms. The van der Waals surface area contributed by atoms with Gasteiger partial charge in [-0.2, -0.15) is 0 Å². The van der Waals surface area contributed by atoms with Crippen LogP contribution in [0.5, 0.6) is 0 Å². The number of nitrogens with one attached hydrogen (secondary N) is 1. The highest BCUT2D eigenvalue weighted by atomic mass is 16.2. The molecule has 0 spiro atoms. The number of carbonyl (C=O) groups excluding carboxylic acids is 2. The molecule has 2 heterocycles. The molecule has 1 aromatic heterocycles. The molecule has 0 saturated carbocycles. The number of hydrogen-bond donors (Lipinski definition) is 1. The summed E-state index contributed by atoms with van der Waals surface area (Å²) in [6.07, 6.45) is 1.62. The number of rotatable bonds is 1. The second-order valence-corrected chi connectivity index (χ2v) is 3.80. The molecule has 1 N–H and O–H groups in total. The number of benzene rings is 1. The first kappa shape index (κ1) is 9.08. The van der Waals surface area contributed by atoms with Crippen LogP contribution < -0.4 is 4.90 Å². The molecule has 0 bridgehead atoms. The maximum absolute atomic E-state index is 11.5. The number of Topliss-reactive ketones (excluding diaryl/α,β-unsaturated/α-hetero) is 1. The van der Waals surface area contributed by atoms with Gasteiger partial charge < -0.3 is 9.88 Å². The van der Waals surface area contributed by atoms with Crippen LogP contribution in [0.4, 0.5) is 5.69 Å². The summed E-state index contributed by atoms with van der Waals surface area (Å²) >= 11 is 0. The highest BCUT2D eigenvalue weighted by Crippen LogP contribution is 2.23. The lowest BCUT2D eigenvalue weighted by molar-refractivity contribution is -0.121. The van der Waals surface area contributed by atoms with Crippen molar-refractivity contribution in [3.05, 3.63) is 24.5 Å². The molecule has 80 valence electrons. The Balaban J connectivity index is 2.05. The number of nitrogens with zero attached hydrogens (tertiary/aromatic N) is 2. The zero-order chi connectivity index (χ0) is 11.1. The van der Waals surface area contributed by atoms with E-state index in [1.807, 2.05) is 12.1 Å². The zero-order valence-electron chi connectivity index (χ0n) is 8.43. The van der Waals surface area contributed by atoms with Gasteiger partial charge in [-0.3, -0.25) is 9.59 Å². The Bertz CT molecular complexity index is 588. The van der Waals surface area contributed by atoms with Gasteiger partial charge >= 0.3 is 0 Å². The summed E-state index contributed by atoms with van der Waals surface area (Å²) in [7, 11) is 0. The Morgan fingerprint density at radius 1 is 1.31 bits per heavy atom. The number of hydrogen-bond acceptors (Lipinski definition) is 3. The number of H-pyrrole nitrogens is 1. The standard InChI is InChI=1S/C11H9N3O2/c15-8-4-11(16)14(5-8)7-1-2-9-10(3-7)13-6-12-9/h1-3,6H,4-5H2,(H,12,13). The number of amides is 1. The average Bonchev–Trinajstić information content (AvgIpc) is 2.83. The zero-order valence-corrected chi connectivity index (χ0v) is 8.43. The van der Waals surface area contributed by atoms with E-state index in [9.17, 15) is 9.59 Å². The maximum Gasteiger partial charge on any atom is 0.234 e. The number of carbonyl (C=O) groups is 2. The van der Waals surface area contributed by atoms with Gasteiger partial charge in [0, 0.05) is 5.69 Å². The summed E-state index contributed by atoms with van der Waals surface area (Å²) in [6.45, 7) is 0.179. The fraction of sp³-hybridized carbons (Fsp3) is 0.182. The smallest absolute Gasteiger partial charge is 0.234 e. The van der Waals surface area contributed by atoms with Crippen molar-refractivity contribution >= 4 is 28.4 Å². The minimum Gasteiger partial charge on any atom is -0.345 e. The van der Waals surface area contributed by atoms with Gasteiger partial charge in [-0.05, 0) is 18.2 Å². The van der Waals surface area contributed by atoms with Crippen LogP contribution in [0.15, 0.2) is 24.5 Å². The van der Waals surface area contributed by atoms with E-state index in [4.69, 9.17) is 0 Å². The Kier molecular flexibility index (Phi) is 1.80. The van der Waals surface area contributed by atoms with Gasteiger partial charge in [-0.25, -0.2) is 4.98 Å². The summed E-state index contributed by atoms with van der Waals surface area (Å²) < 4.78 is 0. The molecule has 1 aliphatic rings. The largest absolute Gasteiger partial charge is 0.345 e. The third-order valence-corrected chi connectivity index (χ3v) is 2.70. The number of ketones is 1. The minimum atomic E-state index is -0.135. The van der Waals surface area contributed by atoms with Crippen molar-refractivity contribution in [3.63, 3.8) is 0 Å². The average molecular weight is 215 g/mol. The fourth-order valence-electron chi connectivity index (χ4n) is 1.91. The topological polar surface area (TPSA) is 66.1 Å². The minimum absolute atomic E-state index is 0.0149. The molecular formula is C11H9N3O2. The number of anilines is 1. The van der Waals surface area contributed by atoms with Gasteiger partial charge in [0.25, 0.3) is 0 Å². The molecule has 1 aromatic carbocycles. The summed E-state index contributed by atoms with van der Waals surface area (Å²) in [5.74, 6) is -0.168. The SMILES string of the molecule is O=C1CC(=O)N(c2ccc3nc[nH]c3c2)C1. The van der Waals surface area contributed by atoms with Crippen LogP contribution in [0.25, 0.3) is 11.0 Å². The highest BCUT2D eigenvalue weighted by molar-refractivity contribution is 6.15. The van der Waals surface area contributed by atoms with E-state index in [1.165, 1.54) is 4.90 Å². The third kappa shape index (κ3) is 1.29. The molecule has 1 saturated heterocycles. The van der Waals surface area contributed by atoms with Crippen LogP contribution in [0, 0.1) is 0 Å². The van der Waals surface area contributed by atoms with Crippen molar-refractivity contribution < 1.29 is 9.59 Å². The molecule has 0 radical (unpaired) electrons. The van der Waals surface area contributed by atoms with Crippen LogP contribution in [-0.2, 0) is 9.59 Å². The van der Waals surface area contributed by atoms with E-state index in [-0.39, 0.29) is 24.7 Å². The van der Waals surface area contributed by atoms with Crippen LogP contribution in [0.2, 0.25) is 0 Å². The quantitative estimate of drug-likeness (QED) is 0.718. The molecular weight excluding hydrogens is 206 g/mol. The normalized spacial score (nSPS) is 16.4. The van der Waals surface area contributed by atoms with E-state index in [2.05, 4.69) is 9.97 Å². The first-order chi connectivity index (χ1) is 7.74. The monoisotopic (exact) mass is 215 g/mol. The summed E-state index contributed by atoms with van der Waals surface area (Å²) in [5, 5.41) is 0. The van der Waals surface area contributed by atoms with Crippen molar-refractivity contribution in [2.75, 3.05) is 11.4 Å². The van der Waals surface area contributed by atoms with Gasteiger partial charge in [0.1, 0.15) is 0 Å². The molecule has 1 aliphatic heterocycles. The fourth-order valence-corrected chi connectivity index (χ4v) is 1.91. The first-order valence-corrected chi connectivity index (χ1v) is 4.99. The molecule has 3 rings (SSSR count). The molecule has 5 nitrogen and oxygen atoms in total. The Hall–Kier alpha value is -2.17. The Morgan fingerprint density at radius 3 is 2.94 bits per heavy atom. The number of imidazole rings is 1. The van der Waals surface area contributed by atoms with E-state index < -0.39 is 0 Å². The van der Waals surface area contributed by atoms with Crippen molar-refractivity contribution in [2.45, 2.75) is 6.42 Å². The predicted octanol–water partition coefficient (Wildman–Crippen LogP) is 0.869. The first-order valence-electron chi connectivity index (χ1n) is 4.99. The van der Waals surface area contributed by atoms with Gasteiger partial charge in [0.2, 0.25) is 5.91 Å². The van der Waals surface area contributed by atoms with Crippen LogP contribution >= 0.6 is 0 Å². The predicted molar refractivity (Wildman–Crippen MR) is 58.1 cm³/mol.